The van der Waals surface area contributed by atoms with Gasteiger partial charge in [0, 0.05) is 5.92 Å². The first-order valence-corrected chi connectivity index (χ1v) is 6.78. The maximum atomic E-state index is 11.2. The van der Waals surface area contributed by atoms with E-state index in [4.69, 9.17) is 0 Å². The van der Waals surface area contributed by atoms with E-state index in [9.17, 15) is 4.79 Å². The van der Waals surface area contributed by atoms with Crippen molar-refractivity contribution >= 4 is 11.8 Å². The Kier molecular flexibility index (Phi) is 4.95. The molecule has 0 aliphatic heterocycles. The summed E-state index contributed by atoms with van der Waals surface area (Å²) in [5.41, 5.74) is 4.49. The lowest BCUT2D eigenvalue weighted by atomic mass is 9.83. The van der Waals surface area contributed by atoms with Crippen LogP contribution in [0.4, 0.5) is 4.79 Å². The van der Waals surface area contributed by atoms with Crippen LogP contribution in [-0.4, -0.2) is 18.9 Å². The van der Waals surface area contributed by atoms with Crippen LogP contribution in [0.15, 0.2) is 35.4 Å². The van der Waals surface area contributed by atoms with E-state index in [0.717, 1.165) is 24.1 Å². The zero-order valence-corrected chi connectivity index (χ0v) is 11.3. The van der Waals surface area contributed by atoms with Gasteiger partial charge >= 0.3 is 6.09 Å². The molecule has 0 atom stereocenters. The Balaban J connectivity index is 2.19. The number of methoxy groups -OCH3 is 1. The molecule has 0 heterocycles. The summed E-state index contributed by atoms with van der Waals surface area (Å²) in [4.78, 5) is 11.2. The quantitative estimate of drug-likeness (QED) is 0.669. The van der Waals surface area contributed by atoms with Gasteiger partial charge in [-0.25, -0.2) is 10.2 Å². The van der Waals surface area contributed by atoms with Crippen molar-refractivity contribution in [3.63, 3.8) is 0 Å². The van der Waals surface area contributed by atoms with Crippen LogP contribution in [0.25, 0.3) is 0 Å². The Labute approximate surface area is 113 Å². The highest BCUT2D eigenvalue weighted by Crippen LogP contribution is 2.27. The lowest BCUT2D eigenvalue weighted by Crippen LogP contribution is -2.25. The van der Waals surface area contributed by atoms with Gasteiger partial charge in [-0.05, 0) is 18.4 Å². The average molecular weight is 260 g/mol. The van der Waals surface area contributed by atoms with Crippen LogP contribution in [0, 0.1) is 5.92 Å². The second-order valence-corrected chi connectivity index (χ2v) is 4.80. The zero-order chi connectivity index (χ0) is 13.5. The van der Waals surface area contributed by atoms with Crippen LogP contribution < -0.4 is 5.43 Å². The molecule has 1 aromatic rings. The maximum Gasteiger partial charge on any atom is 0.427 e. The highest BCUT2D eigenvalue weighted by molar-refractivity contribution is 6.02. The van der Waals surface area contributed by atoms with Gasteiger partial charge < -0.3 is 4.74 Å². The average Bonchev–Trinajstić information content (AvgIpc) is 2.49. The Morgan fingerprint density at radius 2 is 1.89 bits per heavy atom. The van der Waals surface area contributed by atoms with E-state index in [1.807, 2.05) is 30.3 Å². The van der Waals surface area contributed by atoms with E-state index in [1.54, 1.807) is 0 Å². The van der Waals surface area contributed by atoms with Gasteiger partial charge in [0.15, 0.2) is 0 Å². The third-order valence-corrected chi connectivity index (χ3v) is 3.51. The molecule has 1 aliphatic rings. The summed E-state index contributed by atoms with van der Waals surface area (Å²) < 4.78 is 4.57. The predicted molar refractivity (Wildman–Crippen MR) is 75.1 cm³/mol. The molecule has 1 fully saturated rings. The van der Waals surface area contributed by atoms with Gasteiger partial charge in [0.25, 0.3) is 0 Å². The third-order valence-electron chi connectivity index (χ3n) is 3.51. The van der Waals surface area contributed by atoms with Gasteiger partial charge in [-0.2, -0.15) is 5.10 Å². The van der Waals surface area contributed by atoms with E-state index < -0.39 is 6.09 Å². The number of hydrogen-bond acceptors (Lipinski definition) is 3. The lowest BCUT2D eigenvalue weighted by Gasteiger charge is -2.23. The summed E-state index contributed by atoms with van der Waals surface area (Å²) >= 11 is 0. The number of carbonyl (C=O) groups excluding carboxylic acids is 1. The van der Waals surface area contributed by atoms with Gasteiger partial charge in [0.2, 0.25) is 0 Å². The molecule has 0 aromatic heterocycles. The van der Waals surface area contributed by atoms with Crippen molar-refractivity contribution in [3.8, 4) is 0 Å². The molecule has 1 amide bonds. The molecule has 4 nitrogen and oxygen atoms in total. The highest BCUT2D eigenvalue weighted by atomic mass is 16.5. The number of rotatable bonds is 3. The minimum atomic E-state index is -0.524. The van der Waals surface area contributed by atoms with E-state index in [1.165, 1.54) is 26.4 Å². The van der Waals surface area contributed by atoms with Gasteiger partial charge in [0.1, 0.15) is 0 Å². The highest BCUT2D eigenvalue weighted by Gasteiger charge is 2.21. The van der Waals surface area contributed by atoms with Crippen LogP contribution in [0.5, 0.6) is 0 Å². The summed E-state index contributed by atoms with van der Waals surface area (Å²) in [7, 11) is 1.34. The van der Waals surface area contributed by atoms with Crippen LogP contribution in [-0.2, 0) is 4.74 Å². The molecular formula is C15H20N2O2. The number of ether oxygens (including phenoxy) is 1. The fraction of sp³-hybridized carbons (Fsp3) is 0.467. The van der Waals surface area contributed by atoms with E-state index in [-0.39, 0.29) is 0 Å². The summed E-state index contributed by atoms with van der Waals surface area (Å²) in [5.74, 6) is 0.424. The topological polar surface area (TPSA) is 50.7 Å². The molecule has 0 radical (unpaired) electrons. The summed E-state index contributed by atoms with van der Waals surface area (Å²) in [5, 5.41) is 4.28. The smallest absolute Gasteiger partial charge is 0.427 e. The predicted octanol–water partition coefficient (Wildman–Crippen LogP) is 3.33. The minimum absolute atomic E-state index is 0.424. The fourth-order valence-corrected chi connectivity index (χ4v) is 2.53. The maximum absolute atomic E-state index is 11.2. The van der Waals surface area contributed by atoms with Crippen LogP contribution in [0.2, 0.25) is 0 Å². The molecule has 1 N–H and O–H groups in total. The number of carbonyl (C=O) groups is 1. The van der Waals surface area contributed by atoms with Crippen molar-refractivity contribution < 1.29 is 9.53 Å². The van der Waals surface area contributed by atoms with E-state index in [0.29, 0.717) is 5.92 Å². The van der Waals surface area contributed by atoms with Gasteiger partial charge in [-0.1, -0.05) is 49.6 Å². The van der Waals surface area contributed by atoms with Gasteiger partial charge in [-0.15, -0.1) is 0 Å². The molecular weight excluding hydrogens is 240 g/mol. The Hall–Kier alpha value is -1.84. The molecule has 19 heavy (non-hydrogen) atoms. The summed E-state index contributed by atoms with van der Waals surface area (Å²) in [6.07, 6.45) is 5.50. The molecule has 102 valence electrons. The molecule has 1 saturated carbocycles. The van der Waals surface area contributed by atoms with Gasteiger partial charge in [-0.3, -0.25) is 0 Å². The summed E-state index contributed by atoms with van der Waals surface area (Å²) in [6, 6.07) is 10.0. The standard InChI is InChI=1S/C15H20N2O2/c1-19-15(18)17-16-14(12-8-4-2-5-9-12)13-10-6-3-7-11-13/h2,4-5,8-9,13H,3,6-7,10-11H2,1H3,(H,17,18). The van der Waals surface area contributed by atoms with Crippen molar-refractivity contribution in [1.82, 2.24) is 5.43 Å². The Morgan fingerprint density at radius 1 is 1.21 bits per heavy atom. The minimum Gasteiger partial charge on any atom is -0.452 e. The van der Waals surface area contributed by atoms with Crippen LogP contribution in [0.3, 0.4) is 0 Å². The monoisotopic (exact) mass is 260 g/mol. The molecule has 0 saturated heterocycles. The van der Waals surface area contributed by atoms with E-state index in [2.05, 4.69) is 15.3 Å². The van der Waals surface area contributed by atoms with Crippen molar-refractivity contribution in [1.29, 1.82) is 0 Å². The zero-order valence-electron chi connectivity index (χ0n) is 11.3. The molecule has 0 unspecified atom stereocenters. The molecule has 1 aliphatic carbocycles. The van der Waals surface area contributed by atoms with Crippen molar-refractivity contribution in [3.05, 3.63) is 35.9 Å². The number of hydrogen-bond donors (Lipinski definition) is 1. The fourth-order valence-electron chi connectivity index (χ4n) is 2.53. The third kappa shape index (κ3) is 3.81. The molecule has 1 aromatic carbocycles. The van der Waals surface area contributed by atoms with Crippen LogP contribution >= 0.6 is 0 Å². The normalized spacial score (nSPS) is 17.0. The second kappa shape index (κ2) is 6.92. The molecule has 2 rings (SSSR count). The lowest BCUT2D eigenvalue weighted by molar-refractivity contribution is 0.171. The molecule has 0 spiro atoms. The Morgan fingerprint density at radius 3 is 2.53 bits per heavy atom. The SMILES string of the molecule is COC(=O)NN=C(c1ccccc1)C1CCCCC1. The van der Waals surface area contributed by atoms with Crippen molar-refractivity contribution in [2.75, 3.05) is 7.11 Å². The van der Waals surface area contributed by atoms with Crippen LogP contribution in [0.1, 0.15) is 37.7 Å². The molecule has 4 heteroatoms. The van der Waals surface area contributed by atoms with Crippen molar-refractivity contribution in [2.45, 2.75) is 32.1 Å². The first-order chi connectivity index (χ1) is 9.31. The second-order valence-electron chi connectivity index (χ2n) is 4.80. The number of nitrogens with one attached hydrogen (secondary N) is 1. The largest absolute Gasteiger partial charge is 0.452 e. The molecule has 0 bridgehead atoms. The number of benzene rings is 1. The first kappa shape index (κ1) is 13.6. The Bertz CT molecular complexity index is 437. The number of nitrogens with zero attached hydrogens (tertiary/aromatic N) is 1. The number of amides is 1. The number of hydrazone groups is 1. The van der Waals surface area contributed by atoms with Gasteiger partial charge in [0.05, 0.1) is 12.8 Å². The van der Waals surface area contributed by atoms with Crippen molar-refractivity contribution in [2.24, 2.45) is 11.0 Å². The summed E-state index contributed by atoms with van der Waals surface area (Å²) in [6.45, 7) is 0. The van der Waals surface area contributed by atoms with E-state index >= 15 is 0 Å². The first-order valence-electron chi connectivity index (χ1n) is 6.78.